The SMILES string of the molecule is NCc1ccc(Oc2c(Cl)cc(Cl)cc2Cl)cc1. The van der Waals surface area contributed by atoms with Crippen LogP contribution in [-0.2, 0) is 6.54 Å². The Bertz CT molecular complexity index is 532. The van der Waals surface area contributed by atoms with Crippen molar-refractivity contribution < 1.29 is 4.74 Å². The predicted molar refractivity (Wildman–Crippen MR) is 75.9 cm³/mol. The highest BCUT2D eigenvalue weighted by Gasteiger charge is 2.10. The molecular weight excluding hydrogens is 293 g/mol. The van der Waals surface area contributed by atoms with Crippen LogP contribution in [0.3, 0.4) is 0 Å². The Morgan fingerprint density at radius 1 is 0.944 bits per heavy atom. The average molecular weight is 303 g/mol. The summed E-state index contributed by atoms with van der Waals surface area (Å²) in [5.74, 6) is 1.03. The van der Waals surface area contributed by atoms with Crippen molar-refractivity contribution in [3.63, 3.8) is 0 Å². The summed E-state index contributed by atoms with van der Waals surface area (Å²) in [5.41, 5.74) is 6.54. The van der Waals surface area contributed by atoms with Crippen LogP contribution in [0.5, 0.6) is 11.5 Å². The minimum atomic E-state index is 0.371. The Morgan fingerprint density at radius 3 is 2.00 bits per heavy atom. The Kier molecular flexibility index (Phi) is 4.36. The van der Waals surface area contributed by atoms with Gasteiger partial charge in [0.25, 0.3) is 0 Å². The maximum Gasteiger partial charge on any atom is 0.164 e. The van der Waals surface area contributed by atoms with Crippen LogP contribution in [0.1, 0.15) is 5.56 Å². The smallest absolute Gasteiger partial charge is 0.164 e. The second-order valence-corrected chi connectivity index (χ2v) is 4.90. The zero-order chi connectivity index (χ0) is 13.1. The molecule has 0 saturated carbocycles. The summed E-state index contributed by atoms with van der Waals surface area (Å²) in [6, 6.07) is 10.5. The van der Waals surface area contributed by atoms with Crippen molar-refractivity contribution in [2.75, 3.05) is 0 Å². The van der Waals surface area contributed by atoms with Crippen molar-refractivity contribution in [2.24, 2.45) is 5.73 Å². The molecule has 0 saturated heterocycles. The lowest BCUT2D eigenvalue weighted by Crippen LogP contribution is -1.95. The van der Waals surface area contributed by atoms with Gasteiger partial charge in [-0.25, -0.2) is 0 Å². The molecule has 0 radical (unpaired) electrons. The number of ether oxygens (including phenoxy) is 1. The molecule has 0 aliphatic heterocycles. The van der Waals surface area contributed by atoms with Crippen LogP contribution in [0, 0.1) is 0 Å². The van der Waals surface area contributed by atoms with Crippen molar-refractivity contribution in [3.05, 3.63) is 57.0 Å². The van der Waals surface area contributed by atoms with E-state index in [-0.39, 0.29) is 0 Å². The number of rotatable bonds is 3. The van der Waals surface area contributed by atoms with E-state index in [2.05, 4.69) is 0 Å². The second kappa shape index (κ2) is 5.81. The van der Waals surface area contributed by atoms with Gasteiger partial charge < -0.3 is 10.5 Å². The molecule has 0 atom stereocenters. The van der Waals surface area contributed by atoms with E-state index in [1.54, 1.807) is 12.1 Å². The predicted octanol–water partition coefficient (Wildman–Crippen LogP) is 4.90. The number of benzene rings is 2. The van der Waals surface area contributed by atoms with Gasteiger partial charge in [-0.05, 0) is 29.8 Å². The lowest BCUT2D eigenvalue weighted by atomic mass is 10.2. The van der Waals surface area contributed by atoms with Crippen LogP contribution in [-0.4, -0.2) is 0 Å². The van der Waals surface area contributed by atoms with E-state index in [4.69, 9.17) is 45.3 Å². The summed E-state index contributed by atoms with van der Waals surface area (Å²) >= 11 is 17.9. The van der Waals surface area contributed by atoms with E-state index in [0.717, 1.165) is 5.56 Å². The van der Waals surface area contributed by atoms with Gasteiger partial charge in [0.05, 0.1) is 10.0 Å². The summed E-state index contributed by atoms with van der Waals surface area (Å²) in [7, 11) is 0. The van der Waals surface area contributed by atoms with Crippen molar-refractivity contribution in [1.82, 2.24) is 0 Å². The third-order valence-corrected chi connectivity index (χ3v) is 3.12. The third kappa shape index (κ3) is 3.09. The first-order valence-electron chi connectivity index (χ1n) is 5.21. The Hall–Kier alpha value is -0.930. The Balaban J connectivity index is 2.28. The summed E-state index contributed by atoms with van der Waals surface area (Å²) in [6.07, 6.45) is 0. The summed E-state index contributed by atoms with van der Waals surface area (Å²) in [4.78, 5) is 0. The first-order valence-corrected chi connectivity index (χ1v) is 6.35. The minimum Gasteiger partial charge on any atom is -0.454 e. The molecule has 0 amide bonds. The molecule has 0 heterocycles. The summed E-state index contributed by atoms with van der Waals surface area (Å²) < 4.78 is 5.63. The largest absolute Gasteiger partial charge is 0.454 e. The molecule has 2 rings (SSSR count). The fraction of sp³-hybridized carbons (Fsp3) is 0.0769. The van der Waals surface area contributed by atoms with Crippen LogP contribution >= 0.6 is 34.8 Å². The van der Waals surface area contributed by atoms with Gasteiger partial charge in [0.15, 0.2) is 5.75 Å². The fourth-order valence-corrected chi connectivity index (χ4v) is 2.33. The molecule has 0 aliphatic rings. The number of nitrogens with two attached hydrogens (primary N) is 1. The highest BCUT2D eigenvalue weighted by molar-refractivity contribution is 6.40. The quantitative estimate of drug-likeness (QED) is 0.875. The number of hydrogen-bond acceptors (Lipinski definition) is 2. The average Bonchev–Trinajstić information content (AvgIpc) is 2.34. The van der Waals surface area contributed by atoms with Crippen LogP contribution < -0.4 is 10.5 Å². The van der Waals surface area contributed by atoms with Crippen molar-refractivity contribution >= 4 is 34.8 Å². The van der Waals surface area contributed by atoms with Gasteiger partial charge in [-0.15, -0.1) is 0 Å². The van der Waals surface area contributed by atoms with Crippen LogP contribution in [0.15, 0.2) is 36.4 Å². The monoisotopic (exact) mass is 301 g/mol. The van der Waals surface area contributed by atoms with E-state index in [1.807, 2.05) is 24.3 Å². The molecule has 2 nitrogen and oxygen atoms in total. The van der Waals surface area contributed by atoms with E-state index in [9.17, 15) is 0 Å². The Morgan fingerprint density at radius 2 is 1.50 bits per heavy atom. The first-order chi connectivity index (χ1) is 8.60. The minimum absolute atomic E-state index is 0.371. The molecule has 0 spiro atoms. The molecule has 0 fully saturated rings. The maximum absolute atomic E-state index is 6.03. The third-order valence-electron chi connectivity index (χ3n) is 2.34. The van der Waals surface area contributed by atoms with Gasteiger partial charge in [0, 0.05) is 11.6 Å². The van der Waals surface area contributed by atoms with Gasteiger partial charge >= 0.3 is 0 Å². The fourth-order valence-electron chi connectivity index (χ4n) is 1.44. The van der Waals surface area contributed by atoms with Gasteiger partial charge in [0.1, 0.15) is 5.75 Å². The zero-order valence-corrected chi connectivity index (χ0v) is 11.6. The Labute approximate surface area is 120 Å². The van der Waals surface area contributed by atoms with E-state index in [0.29, 0.717) is 33.1 Å². The molecule has 2 aromatic rings. The zero-order valence-electron chi connectivity index (χ0n) is 9.29. The molecule has 0 aliphatic carbocycles. The molecule has 0 aromatic heterocycles. The van der Waals surface area contributed by atoms with E-state index < -0.39 is 0 Å². The van der Waals surface area contributed by atoms with Crippen molar-refractivity contribution in [1.29, 1.82) is 0 Å². The van der Waals surface area contributed by atoms with Gasteiger partial charge in [0.2, 0.25) is 0 Å². The van der Waals surface area contributed by atoms with Crippen LogP contribution in [0.25, 0.3) is 0 Å². The topological polar surface area (TPSA) is 35.2 Å². The lowest BCUT2D eigenvalue weighted by molar-refractivity contribution is 0.483. The second-order valence-electron chi connectivity index (χ2n) is 3.65. The standard InChI is InChI=1S/C13H10Cl3NO/c14-9-5-11(15)13(12(16)6-9)18-10-3-1-8(7-17)2-4-10/h1-6H,7,17H2. The van der Waals surface area contributed by atoms with E-state index in [1.165, 1.54) is 0 Å². The molecule has 0 bridgehead atoms. The van der Waals surface area contributed by atoms with Gasteiger partial charge in [-0.1, -0.05) is 46.9 Å². The molecule has 2 N–H and O–H groups in total. The van der Waals surface area contributed by atoms with Crippen LogP contribution in [0.4, 0.5) is 0 Å². The highest BCUT2D eigenvalue weighted by Crippen LogP contribution is 2.38. The lowest BCUT2D eigenvalue weighted by Gasteiger charge is -2.10. The van der Waals surface area contributed by atoms with Crippen LogP contribution in [0.2, 0.25) is 15.1 Å². The van der Waals surface area contributed by atoms with Gasteiger partial charge in [-0.2, -0.15) is 0 Å². The number of hydrogen-bond donors (Lipinski definition) is 1. The molecule has 2 aromatic carbocycles. The molecule has 5 heteroatoms. The molecular formula is C13H10Cl3NO. The van der Waals surface area contributed by atoms with Gasteiger partial charge in [-0.3, -0.25) is 0 Å². The van der Waals surface area contributed by atoms with Crippen molar-refractivity contribution in [2.45, 2.75) is 6.54 Å². The normalized spacial score (nSPS) is 10.4. The molecule has 0 unspecified atom stereocenters. The first kappa shape index (κ1) is 13.5. The number of halogens is 3. The molecule has 18 heavy (non-hydrogen) atoms. The molecule has 94 valence electrons. The summed E-state index contributed by atoms with van der Waals surface area (Å²) in [5, 5.41) is 1.21. The van der Waals surface area contributed by atoms with Crippen molar-refractivity contribution in [3.8, 4) is 11.5 Å². The highest BCUT2D eigenvalue weighted by atomic mass is 35.5. The summed E-state index contributed by atoms with van der Waals surface area (Å²) in [6.45, 7) is 0.489. The maximum atomic E-state index is 6.03. The van der Waals surface area contributed by atoms with E-state index >= 15 is 0 Å².